The van der Waals surface area contributed by atoms with Crippen molar-refractivity contribution in [2.75, 3.05) is 0 Å². The molecule has 2 nitrogen and oxygen atoms in total. The Bertz CT molecular complexity index is 943. The van der Waals surface area contributed by atoms with Crippen molar-refractivity contribution in [1.82, 2.24) is 4.57 Å². The summed E-state index contributed by atoms with van der Waals surface area (Å²) in [7, 11) is 2.29. The van der Waals surface area contributed by atoms with Gasteiger partial charge in [-0.05, 0) is 97.5 Å². The van der Waals surface area contributed by atoms with Crippen molar-refractivity contribution in [2.45, 2.75) is 76.7 Å². The summed E-state index contributed by atoms with van der Waals surface area (Å²) in [6.07, 6.45) is 10.1. The lowest BCUT2D eigenvalue weighted by atomic mass is 9.45. The van der Waals surface area contributed by atoms with Gasteiger partial charge in [-0.25, -0.2) is 0 Å². The van der Waals surface area contributed by atoms with Crippen LogP contribution in [0.5, 0.6) is 0 Å². The van der Waals surface area contributed by atoms with E-state index in [1.54, 1.807) is 11.3 Å². The molecule has 1 aromatic carbocycles. The Morgan fingerprint density at radius 1 is 1.00 bits per heavy atom. The maximum absolute atomic E-state index is 10.3. The van der Waals surface area contributed by atoms with Crippen molar-refractivity contribution >= 4 is 10.9 Å². The zero-order valence-corrected chi connectivity index (χ0v) is 17.7. The van der Waals surface area contributed by atoms with Crippen LogP contribution in [0.3, 0.4) is 0 Å². The quantitative estimate of drug-likeness (QED) is 0.635. The third-order valence-electron chi connectivity index (χ3n) is 10.2. The first-order valence-electron chi connectivity index (χ1n) is 11.7. The first kappa shape index (κ1) is 17.6. The Hall–Kier alpha value is -1.28. The molecule has 1 aromatic heterocycles. The van der Waals surface area contributed by atoms with E-state index in [0.717, 1.165) is 36.5 Å². The van der Waals surface area contributed by atoms with Crippen molar-refractivity contribution in [3.8, 4) is 0 Å². The fourth-order valence-electron chi connectivity index (χ4n) is 8.77. The molecule has 1 heterocycles. The highest BCUT2D eigenvalue weighted by Crippen LogP contribution is 2.66. The molecule has 0 radical (unpaired) electrons. The minimum atomic E-state index is -0.0365. The van der Waals surface area contributed by atoms with Crippen LogP contribution in [0, 0.1) is 29.1 Å². The third kappa shape index (κ3) is 2.03. The van der Waals surface area contributed by atoms with Crippen LogP contribution in [-0.2, 0) is 18.9 Å². The summed E-state index contributed by atoms with van der Waals surface area (Å²) in [5.74, 6) is 3.32. The molecule has 3 saturated carbocycles. The summed E-state index contributed by atoms with van der Waals surface area (Å²) in [6, 6.07) is 9.09. The number of benzene rings is 1. The number of fused-ring (bicyclic) bond motifs is 9. The van der Waals surface area contributed by atoms with Crippen molar-refractivity contribution in [2.24, 2.45) is 36.1 Å². The molecular formula is C26H35NO. The van der Waals surface area contributed by atoms with Gasteiger partial charge < -0.3 is 9.67 Å². The van der Waals surface area contributed by atoms with E-state index >= 15 is 0 Å². The van der Waals surface area contributed by atoms with Crippen molar-refractivity contribution < 1.29 is 5.11 Å². The van der Waals surface area contributed by atoms with Gasteiger partial charge in [0.1, 0.15) is 0 Å². The molecule has 0 bridgehead atoms. The largest absolute Gasteiger partial charge is 0.393 e. The molecule has 6 rings (SSSR count). The van der Waals surface area contributed by atoms with E-state index in [0.29, 0.717) is 10.8 Å². The van der Waals surface area contributed by atoms with Crippen LogP contribution < -0.4 is 0 Å². The number of hydrogen-bond donors (Lipinski definition) is 1. The maximum atomic E-state index is 10.3. The molecule has 0 aliphatic heterocycles. The van der Waals surface area contributed by atoms with E-state index in [2.05, 4.69) is 49.7 Å². The standard InChI is InChI=1S/C26H35NO/c1-25-12-10-17(28)14-16(25)8-9-18-20(25)11-13-26(2)21(18)15-23-24(26)19-6-4-5-7-22(19)27(23)3/h4-7,16-18,20-21,28H,8-15H2,1-3H3/t16-,17-,18+,20-,21-,25-,26-/m0/s1. The van der Waals surface area contributed by atoms with Gasteiger partial charge in [-0.3, -0.25) is 0 Å². The summed E-state index contributed by atoms with van der Waals surface area (Å²) in [6.45, 7) is 5.20. The number of aliphatic hydroxyl groups is 1. The van der Waals surface area contributed by atoms with Gasteiger partial charge in [0, 0.05) is 23.6 Å². The molecule has 28 heavy (non-hydrogen) atoms. The zero-order valence-electron chi connectivity index (χ0n) is 17.7. The number of hydrogen-bond acceptors (Lipinski definition) is 1. The van der Waals surface area contributed by atoms with Gasteiger partial charge in [-0.15, -0.1) is 0 Å². The molecule has 2 heteroatoms. The second-order valence-electron chi connectivity index (χ2n) is 11.1. The number of nitrogens with zero attached hydrogens (tertiary/aromatic N) is 1. The molecule has 1 N–H and O–H groups in total. The molecule has 4 aliphatic rings. The van der Waals surface area contributed by atoms with Crippen molar-refractivity contribution in [1.29, 1.82) is 0 Å². The lowest BCUT2D eigenvalue weighted by Gasteiger charge is -2.60. The Morgan fingerprint density at radius 3 is 2.68 bits per heavy atom. The molecule has 0 amide bonds. The normalized spacial score (nSPS) is 44.6. The average Bonchev–Trinajstić information content (AvgIpc) is 3.15. The molecule has 150 valence electrons. The van der Waals surface area contributed by atoms with E-state index in [9.17, 15) is 5.11 Å². The van der Waals surface area contributed by atoms with E-state index in [1.165, 1.54) is 49.4 Å². The van der Waals surface area contributed by atoms with Crippen LogP contribution in [0.2, 0.25) is 0 Å². The Balaban J connectivity index is 1.41. The number of para-hydroxylation sites is 1. The molecule has 7 atom stereocenters. The van der Waals surface area contributed by atoms with E-state index < -0.39 is 0 Å². The van der Waals surface area contributed by atoms with Crippen LogP contribution in [0.25, 0.3) is 10.9 Å². The fourth-order valence-corrected chi connectivity index (χ4v) is 8.77. The monoisotopic (exact) mass is 377 g/mol. The lowest BCUT2D eigenvalue weighted by Crippen LogP contribution is -2.54. The van der Waals surface area contributed by atoms with Crippen LogP contribution in [-0.4, -0.2) is 15.8 Å². The predicted molar refractivity (Wildman–Crippen MR) is 114 cm³/mol. The number of rotatable bonds is 0. The second-order valence-corrected chi connectivity index (χ2v) is 11.1. The molecule has 4 aliphatic carbocycles. The Labute approximate surface area is 169 Å². The van der Waals surface area contributed by atoms with Gasteiger partial charge in [0.15, 0.2) is 0 Å². The van der Waals surface area contributed by atoms with Crippen molar-refractivity contribution in [3.63, 3.8) is 0 Å². The third-order valence-corrected chi connectivity index (χ3v) is 10.2. The zero-order chi connectivity index (χ0) is 19.3. The van der Waals surface area contributed by atoms with E-state index in [1.807, 2.05) is 0 Å². The van der Waals surface area contributed by atoms with E-state index in [4.69, 9.17) is 0 Å². The SMILES string of the molecule is Cn1c2c(c3ccccc31)[C@@]1(C)CC[C@H]3[C@@H](CC[C@H]4C[C@@H](O)CC[C@@]43C)[C@@H]1C2. The predicted octanol–water partition coefficient (Wildman–Crippen LogP) is 5.60. The summed E-state index contributed by atoms with van der Waals surface area (Å²) >= 11 is 0. The second kappa shape index (κ2) is 5.65. The molecular weight excluding hydrogens is 342 g/mol. The minimum Gasteiger partial charge on any atom is -0.393 e. The van der Waals surface area contributed by atoms with Crippen LogP contribution >= 0.6 is 0 Å². The summed E-state index contributed by atoms with van der Waals surface area (Å²) < 4.78 is 2.51. The van der Waals surface area contributed by atoms with Crippen LogP contribution in [0.1, 0.15) is 70.1 Å². The highest BCUT2D eigenvalue weighted by molar-refractivity contribution is 5.87. The topological polar surface area (TPSA) is 25.2 Å². The first-order chi connectivity index (χ1) is 13.4. The average molecular weight is 378 g/mol. The first-order valence-corrected chi connectivity index (χ1v) is 11.7. The lowest BCUT2D eigenvalue weighted by molar-refractivity contribution is -0.111. The van der Waals surface area contributed by atoms with Gasteiger partial charge in [-0.1, -0.05) is 32.0 Å². The Morgan fingerprint density at radius 2 is 1.82 bits per heavy atom. The Kier molecular flexibility index (Phi) is 3.55. The summed E-state index contributed by atoms with van der Waals surface area (Å²) in [5, 5.41) is 11.8. The molecule has 0 saturated heterocycles. The van der Waals surface area contributed by atoms with Gasteiger partial charge >= 0.3 is 0 Å². The number of aromatic nitrogens is 1. The summed E-state index contributed by atoms with van der Waals surface area (Å²) in [5.41, 5.74) is 5.57. The maximum Gasteiger partial charge on any atom is 0.0543 e. The molecule has 0 spiro atoms. The summed E-state index contributed by atoms with van der Waals surface area (Å²) in [4.78, 5) is 0. The minimum absolute atomic E-state index is 0.0365. The highest BCUT2D eigenvalue weighted by Gasteiger charge is 2.59. The smallest absolute Gasteiger partial charge is 0.0543 e. The van der Waals surface area contributed by atoms with Crippen LogP contribution in [0.15, 0.2) is 24.3 Å². The molecule has 3 fully saturated rings. The highest BCUT2D eigenvalue weighted by atomic mass is 16.3. The van der Waals surface area contributed by atoms with Gasteiger partial charge in [0.2, 0.25) is 0 Å². The van der Waals surface area contributed by atoms with E-state index in [-0.39, 0.29) is 6.10 Å². The molecule has 2 aromatic rings. The molecule has 0 unspecified atom stereocenters. The number of aryl methyl sites for hydroxylation is 1. The van der Waals surface area contributed by atoms with Gasteiger partial charge in [-0.2, -0.15) is 0 Å². The van der Waals surface area contributed by atoms with Gasteiger partial charge in [0.05, 0.1) is 6.10 Å². The van der Waals surface area contributed by atoms with Gasteiger partial charge in [0.25, 0.3) is 0 Å². The number of aliphatic hydroxyl groups excluding tert-OH is 1. The van der Waals surface area contributed by atoms with Crippen molar-refractivity contribution in [3.05, 3.63) is 35.5 Å². The van der Waals surface area contributed by atoms with Crippen LogP contribution in [0.4, 0.5) is 0 Å². The fraction of sp³-hybridized carbons (Fsp3) is 0.692.